The first-order valence-electron chi connectivity index (χ1n) is 6.68. The molecule has 0 unspecified atom stereocenters. The number of halogens is 1. The lowest BCUT2D eigenvalue weighted by Crippen LogP contribution is -2.43. The first kappa shape index (κ1) is 14.0. The summed E-state index contributed by atoms with van der Waals surface area (Å²) in [6, 6.07) is 14.2. The lowest BCUT2D eigenvalue weighted by Gasteiger charge is -2.43. The van der Waals surface area contributed by atoms with Crippen LogP contribution in [-0.4, -0.2) is 8.42 Å². The van der Waals surface area contributed by atoms with E-state index in [4.69, 9.17) is 0 Å². The van der Waals surface area contributed by atoms with Gasteiger partial charge in [-0.2, -0.15) is 0 Å². The third-order valence-corrected chi connectivity index (χ3v) is 6.46. The van der Waals surface area contributed by atoms with Gasteiger partial charge < -0.3 is 0 Å². The van der Waals surface area contributed by atoms with E-state index in [1.165, 1.54) is 24.3 Å². The van der Waals surface area contributed by atoms with Crippen molar-refractivity contribution in [3.8, 4) is 0 Å². The van der Waals surface area contributed by atoms with Crippen LogP contribution in [0.4, 0.5) is 4.39 Å². The molecule has 108 valence electrons. The second-order valence-corrected chi connectivity index (χ2v) is 7.68. The van der Waals surface area contributed by atoms with E-state index < -0.39 is 20.4 Å². The quantitative estimate of drug-likeness (QED) is 0.637. The van der Waals surface area contributed by atoms with Gasteiger partial charge in [0.1, 0.15) is 10.6 Å². The molecule has 2 aromatic rings. The van der Waals surface area contributed by atoms with Crippen LogP contribution in [0.3, 0.4) is 0 Å². The van der Waals surface area contributed by atoms with Crippen molar-refractivity contribution in [2.24, 2.45) is 0 Å². The van der Waals surface area contributed by atoms with Crippen molar-refractivity contribution in [1.29, 1.82) is 0 Å². The van der Waals surface area contributed by atoms with Gasteiger partial charge in [-0.25, -0.2) is 12.8 Å². The van der Waals surface area contributed by atoms with Crippen LogP contribution in [0.5, 0.6) is 0 Å². The number of benzene rings is 2. The van der Waals surface area contributed by atoms with Crippen LogP contribution in [0.2, 0.25) is 0 Å². The van der Waals surface area contributed by atoms with Crippen molar-refractivity contribution in [2.75, 3.05) is 0 Å². The summed E-state index contributed by atoms with van der Waals surface area (Å²) in [6.45, 7) is 3.88. The summed E-state index contributed by atoms with van der Waals surface area (Å²) >= 11 is 0. The van der Waals surface area contributed by atoms with E-state index in [1.807, 2.05) is 30.3 Å². The smallest absolute Gasteiger partial charge is 0.188 e. The molecule has 0 saturated heterocycles. The second-order valence-electron chi connectivity index (χ2n) is 5.42. The predicted octanol–water partition coefficient (Wildman–Crippen LogP) is 3.84. The van der Waals surface area contributed by atoms with Crippen molar-refractivity contribution < 1.29 is 12.8 Å². The highest BCUT2D eigenvalue weighted by Crippen LogP contribution is 2.52. The Bertz CT molecular complexity index is 769. The average Bonchev–Trinajstić information content (AvgIpc) is 2.45. The Labute approximate surface area is 123 Å². The summed E-state index contributed by atoms with van der Waals surface area (Å²) < 4.78 is 38.1. The topological polar surface area (TPSA) is 34.1 Å². The van der Waals surface area contributed by atoms with Gasteiger partial charge in [0, 0.05) is 0 Å². The van der Waals surface area contributed by atoms with Crippen LogP contribution in [0, 0.1) is 5.82 Å². The highest BCUT2D eigenvalue weighted by molar-refractivity contribution is 7.92. The molecule has 1 fully saturated rings. The zero-order chi connectivity index (χ0) is 15.1. The van der Waals surface area contributed by atoms with Crippen molar-refractivity contribution in [3.63, 3.8) is 0 Å². The summed E-state index contributed by atoms with van der Waals surface area (Å²) in [6.07, 6.45) is 0.827. The predicted molar refractivity (Wildman–Crippen MR) is 80.1 cm³/mol. The van der Waals surface area contributed by atoms with Gasteiger partial charge in [0.05, 0.1) is 4.90 Å². The Hall–Kier alpha value is -1.94. The molecular formula is C17H15FO2S. The Morgan fingerprint density at radius 1 is 0.952 bits per heavy atom. The van der Waals surface area contributed by atoms with Crippen molar-refractivity contribution in [3.05, 3.63) is 78.1 Å². The Balaban J connectivity index is 2.14. The van der Waals surface area contributed by atoms with Crippen LogP contribution in [0.25, 0.3) is 0 Å². The SMILES string of the molecule is C=C1CC(c2ccccc2)(S(=O)(=O)c2ccc(F)cc2)C1. The molecule has 0 aromatic heterocycles. The van der Waals surface area contributed by atoms with E-state index in [1.54, 1.807) is 0 Å². The van der Waals surface area contributed by atoms with E-state index >= 15 is 0 Å². The zero-order valence-electron chi connectivity index (χ0n) is 11.4. The standard InChI is InChI=1S/C17H15FO2S/c1-13-11-17(12-13,14-5-3-2-4-6-14)21(19,20)16-9-7-15(18)8-10-16/h2-10H,1,11-12H2. The summed E-state index contributed by atoms with van der Waals surface area (Å²) in [5.41, 5.74) is 1.69. The van der Waals surface area contributed by atoms with E-state index in [0.717, 1.165) is 11.1 Å². The van der Waals surface area contributed by atoms with Gasteiger partial charge in [-0.1, -0.05) is 42.5 Å². The van der Waals surface area contributed by atoms with Gasteiger partial charge in [0.2, 0.25) is 0 Å². The molecule has 2 nitrogen and oxygen atoms in total. The molecule has 0 amide bonds. The number of sulfone groups is 1. The Morgan fingerprint density at radius 2 is 1.52 bits per heavy atom. The molecule has 0 spiro atoms. The number of hydrogen-bond acceptors (Lipinski definition) is 2. The van der Waals surface area contributed by atoms with Crippen LogP contribution in [0.15, 0.2) is 71.6 Å². The normalized spacial score (nSPS) is 17.3. The minimum atomic E-state index is -3.59. The van der Waals surface area contributed by atoms with Gasteiger partial charge in [-0.05, 0) is 42.7 Å². The van der Waals surface area contributed by atoms with Crippen molar-refractivity contribution in [1.82, 2.24) is 0 Å². The van der Waals surface area contributed by atoms with Crippen LogP contribution in [0.1, 0.15) is 18.4 Å². The molecule has 2 aromatic carbocycles. The number of hydrogen-bond donors (Lipinski definition) is 0. The first-order valence-corrected chi connectivity index (χ1v) is 8.16. The lowest BCUT2D eigenvalue weighted by atomic mass is 9.75. The van der Waals surface area contributed by atoms with Crippen molar-refractivity contribution >= 4 is 9.84 Å². The summed E-state index contributed by atoms with van der Waals surface area (Å²) in [5, 5.41) is 0. The molecule has 0 aliphatic heterocycles. The molecule has 1 aliphatic rings. The fraction of sp³-hybridized carbons (Fsp3) is 0.176. The Kier molecular flexibility index (Phi) is 3.21. The van der Waals surface area contributed by atoms with Crippen molar-refractivity contribution in [2.45, 2.75) is 22.5 Å². The third-order valence-electron chi connectivity index (χ3n) is 4.01. The average molecular weight is 302 g/mol. The lowest BCUT2D eigenvalue weighted by molar-refractivity contribution is 0.440. The van der Waals surface area contributed by atoms with Gasteiger partial charge in [-0.3, -0.25) is 0 Å². The fourth-order valence-corrected chi connectivity index (χ4v) is 5.07. The maximum Gasteiger partial charge on any atom is 0.188 e. The molecule has 0 heterocycles. The molecule has 1 saturated carbocycles. The molecule has 0 N–H and O–H groups in total. The maximum atomic E-state index is 13.0. The van der Waals surface area contributed by atoms with Crippen LogP contribution in [-0.2, 0) is 14.6 Å². The van der Waals surface area contributed by atoms with Gasteiger partial charge in [0.15, 0.2) is 9.84 Å². The Morgan fingerprint density at radius 3 is 2.05 bits per heavy atom. The monoisotopic (exact) mass is 302 g/mol. The zero-order valence-corrected chi connectivity index (χ0v) is 12.2. The maximum absolute atomic E-state index is 13.0. The van der Waals surface area contributed by atoms with E-state index in [9.17, 15) is 12.8 Å². The van der Waals surface area contributed by atoms with Gasteiger partial charge >= 0.3 is 0 Å². The minimum absolute atomic E-state index is 0.153. The third kappa shape index (κ3) is 2.10. The fourth-order valence-electron chi connectivity index (χ4n) is 2.89. The van der Waals surface area contributed by atoms with E-state index in [2.05, 4.69) is 6.58 Å². The van der Waals surface area contributed by atoms with Gasteiger partial charge in [0.25, 0.3) is 0 Å². The number of allylic oxidation sites excluding steroid dienone is 1. The van der Waals surface area contributed by atoms with Gasteiger partial charge in [-0.15, -0.1) is 0 Å². The summed E-state index contributed by atoms with van der Waals surface area (Å²) in [7, 11) is -3.59. The molecular weight excluding hydrogens is 287 g/mol. The van der Waals surface area contributed by atoms with E-state index in [0.29, 0.717) is 12.8 Å². The minimum Gasteiger partial charge on any atom is -0.223 e. The largest absolute Gasteiger partial charge is 0.223 e. The highest BCUT2D eigenvalue weighted by atomic mass is 32.2. The van der Waals surface area contributed by atoms with Crippen LogP contribution < -0.4 is 0 Å². The van der Waals surface area contributed by atoms with E-state index in [-0.39, 0.29) is 4.90 Å². The summed E-state index contributed by atoms with van der Waals surface area (Å²) in [5.74, 6) is -0.444. The second kappa shape index (κ2) is 4.81. The summed E-state index contributed by atoms with van der Waals surface area (Å²) in [4.78, 5) is 0.153. The molecule has 1 aliphatic carbocycles. The molecule has 0 bridgehead atoms. The molecule has 0 atom stereocenters. The first-order chi connectivity index (χ1) is 9.96. The van der Waals surface area contributed by atoms with Crippen LogP contribution >= 0.6 is 0 Å². The number of rotatable bonds is 3. The molecule has 0 radical (unpaired) electrons. The molecule has 3 rings (SSSR count). The molecule has 21 heavy (non-hydrogen) atoms. The highest BCUT2D eigenvalue weighted by Gasteiger charge is 2.52. The molecule has 4 heteroatoms.